The molecule has 2 atom stereocenters. The van der Waals surface area contributed by atoms with Crippen molar-refractivity contribution in [2.45, 2.75) is 31.6 Å². The number of nitrogens with zero attached hydrogens (tertiary/aromatic N) is 4. The van der Waals surface area contributed by atoms with Gasteiger partial charge in [0.2, 0.25) is 6.19 Å². The van der Waals surface area contributed by atoms with Crippen LogP contribution in [0.1, 0.15) is 31.0 Å². The number of aliphatic hydroxyl groups is 1. The van der Waals surface area contributed by atoms with Gasteiger partial charge in [-0.25, -0.2) is 0 Å². The molecule has 1 N–H and O–H groups in total. The molecule has 118 valence electrons. The molecule has 23 heavy (non-hydrogen) atoms. The molecule has 1 aromatic carbocycles. The van der Waals surface area contributed by atoms with Crippen molar-refractivity contribution in [2.75, 3.05) is 13.2 Å². The molecule has 0 aliphatic carbocycles. The number of nitriles is 2. The lowest BCUT2D eigenvalue weighted by molar-refractivity contribution is -0.0803. The summed E-state index contributed by atoms with van der Waals surface area (Å²) in [5, 5.41) is 28.8. The van der Waals surface area contributed by atoms with Crippen molar-refractivity contribution >= 4 is 6.02 Å². The quantitative estimate of drug-likeness (QED) is 0.784. The minimum atomic E-state index is -0.880. The van der Waals surface area contributed by atoms with Gasteiger partial charge in [-0.15, -0.1) is 4.99 Å². The van der Waals surface area contributed by atoms with Crippen LogP contribution in [0.4, 0.5) is 0 Å². The Bertz CT molecular complexity index is 745. The van der Waals surface area contributed by atoms with Gasteiger partial charge >= 0.3 is 6.02 Å². The fourth-order valence-electron chi connectivity index (χ4n) is 2.99. The Kier molecular flexibility index (Phi) is 3.59. The van der Waals surface area contributed by atoms with Gasteiger partial charge in [0.05, 0.1) is 24.2 Å². The van der Waals surface area contributed by atoms with Crippen molar-refractivity contribution in [1.82, 2.24) is 4.90 Å². The Morgan fingerprint density at radius 2 is 2.17 bits per heavy atom. The normalized spacial score (nSPS) is 26.7. The second-order valence-electron chi connectivity index (χ2n) is 6.00. The van der Waals surface area contributed by atoms with E-state index in [1.807, 2.05) is 0 Å². The third kappa shape index (κ3) is 2.45. The highest BCUT2D eigenvalue weighted by molar-refractivity contribution is 5.77. The zero-order chi connectivity index (χ0) is 16.6. The second kappa shape index (κ2) is 5.45. The van der Waals surface area contributed by atoms with Gasteiger partial charge in [0, 0.05) is 5.56 Å². The number of hydrogen-bond donors (Lipinski definition) is 1. The number of amidine groups is 1. The predicted octanol–water partition coefficient (Wildman–Crippen LogP) is 1.30. The first kappa shape index (κ1) is 15.1. The van der Waals surface area contributed by atoms with Crippen LogP contribution in [0.5, 0.6) is 5.75 Å². The summed E-state index contributed by atoms with van der Waals surface area (Å²) < 4.78 is 11.3. The van der Waals surface area contributed by atoms with Crippen LogP contribution in [0.15, 0.2) is 23.2 Å². The van der Waals surface area contributed by atoms with E-state index in [0.717, 1.165) is 0 Å². The lowest BCUT2D eigenvalue weighted by Crippen LogP contribution is -2.54. The smallest absolute Gasteiger partial charge is 0.303 e. The van der Waals surface area contributed by atoms with E-state index >= 15 is 0 Å². The van der Waals surface area contributed by atoms with Crippen molar-refractivity contribution in [3.63, 3.8) is 0 Å². The molecule has 2 aliphatic heterocycles. The molecular weight excluding hydrogens is 296 g/mol. The molecule has 2 aliphatic rings. The van der Waals surface area contributed by atoms with Gasteiger partial charge in [0.1, 0.15) is 24.1 Å². The van der Waals surface area contributed by atoms with Crippen LogP contribution in [0.25, 0.3) is 0 Å². The van der Waals surface area contributed by atoms with Crippen LogP contribution in [0.3, 0.4) is 0 Å². The summed E-state index contributed by atoms with van der Waals surface area (Å²) >= 11 is 0. The maximum Gasteiger partial charge on any atom is 0.303 e. The van der Waals surface area contributed by atoms with E-state index in [2.05, 4.69) is 11.1 Å². The summed E-state index contributed by atoms with van der Waals surface area (Å²) in [6, 6.07) is 6.87. The summed E-state index contributed by atoms with van der Waals surface area (Å²) in [5.74, 6) is 0.604. The Hall–Kier alpha value is -2.77. The third-order valence-corrected chi connectivity index (χ3v) is 4.13. The van der Waals surface area contributed by atoms with Gasteiger partial charge < -0.3 is 19.5 Å². The maximum atomic E-state index is 10.8. The minimum absolute atomic E-state index is 0.183. The molecule has 1 aromatic rings. The first-order valence-electron chi connectivity index (χ1n) is 7.25. The first-order valence-corrected chi connectivity index (χ1v) is 7.25. The molecule has 1 saturated heterocycles. The topological polar surface area (TPSA) is 102 Å². The number of aliphatic hydroxyl groups excluding tert-OH is 1. The molecule has 7 heteroatoms. The lowest BCUT2D eigenvalue weighted by atomic mass is 9.85. The fraction of sp³-hybridized carbons (Fsp3) is 0.438. The van der Waals surface area contributed by atoms with Gasteiger partial charge in [-0.3, -0.25) is 0 Å². The van der Waals surface area contributed by atoms with Crippen LogP contribution in [-0.4, -0.2) is 40.9 Å². The fourth-order valence-corrected chi connectivity index (χ4v) is 2.99. The highest BCUT2D eigenvalue weighted by Gasteiger charge is 2.47. The van der Waals surface area contributed by atoms with Gasteiger partial charge in [-0.05, 0) is 32.0 Å². The lowest BCUT2D eigenvalue weighted by Gasteiger charge is -2.45. The van der Waals surface area contributed by atoms with Gasteiger partial charge in [0.15, 0.2) is 0 Å². The van der Waals surface area contributed by atoms with E-state index in [-0.39, 0.29) is 6.02 Å². The summed E-state index contributed by atoms with van der Waals surface area (Å²) in [4.78, 5) is 5.44. The molecule has 7 nitrogen and oxygen atoms in total. The zero-order valence-corrected chi connectivity index (χ0v) is 12.9. The molecular formula is C16H16N4O3. The Morgan fingerprint density at radius 3 is 2.87 bits per heavy atom. The Balaban J connectivity index is 2.13. The zero-order valence-electron chi connectivity index (χ0n) is 12.9. The molecule has 2 heterocycles. The largest absolute Gasteiger partial charge is 0.485 e. The molecule has 0 bridgehead atoms. The second-order valence-corrected chi connectivity index (χ2v) is 6.00. The molecule has 3 rings (SSSR count). The number of fused-ring (bicyclic) bond motifs is 1. The number of hydrogen-bond acceptors (Lipinski definition) is 6. The molecule has 0 unspecified atom stereocenters. The first-order chi connectivity index (χ1) is 11.0. The summed E-state index contributed by atoms with van der Waals surface area (Å²) in [7, 11) is 0. The molecule has 0 aromatic heterocycles. The summed E-state index contributed by atoms with van der Waals surface area (Å²) in [6.07, 6.45) is 0.837. The average molecular weight is 312 g/mol. The van der Waals surface area contributed by atoms with Crippen LogP contribution in [0, 0.1) is 22.8 Å². The number of ether oxygens (including phenoxy) is 2. The Morgan fingerprint density at radius 1 is 1.39 bits per heavy atom. The maximum absolute atomic E-state index is 10.8. The molecule has 0 spiro atoms. The molecule has 0 saturated carbocycles. The minimum Gasteiger partial charge on any atom is -0.485 e. The molecule has 1 fully saturated rings. The summed E-state index contributed by atoms with van der Waals surface area (Å²) in [5.41, 5.74) is 0.335. The van der Waals surface area contributed by atoms with Crippen LogP contribution >= 0.6 is 0 Å². The molecule has 0 radical (unpaired) electrons. The monoisotopic (exact) mass is 312 g/mol. The van der Waals surface area contributed by atoms with Crippen molar-refractivity contribution in [2.24, 2.45) is 4.99 Å². The molecule has 0 amide bonds. The van der Waals surface area contributed by atoms with Crippen LogP contribution in [-0.2, 0) is 4.74 Å². The Labute approximate surface area is 134 Å². The highest BCUT2D eigenvalue weighted by Crippen LogP contribution is 2.43. The van der Waals surface area contributed by atoms with Crippen molar-refractivity contribution in [3.8, 4) is 18.0 Å². The summed E-state index contributed by atoms with van der Waals surface area (Å²) in [6.45, 7) is 4.47. The van der Waals surface area contributed by atoms with E-state index in [1.54, 1.807) is 43.1 Å². The van der Waals surface area contributed by atoms with Gasteiger partial charge in [0.25, 0.3) is 0 Å². The van der Waals surface area contributed by atoms with Gasteiger partial charge in [-0.1, -0.05) is 0 Å². The van der Waals surface area contributed by atoms with E-state index in [1.165, 1.54) is 0 Å². The van der Waals surface area contributed by atoms with E-state index < -0.39 is 17.7 Å². The van der Waals surface area contributed by atoms with Crippen LogP contribution in [0.2, 0.25) is 0 Å². The average Bonchev–Trinajstić information content (AvgIpc) is 2.96. The van der Waals surface area contributed by atoms with Crippen molar-refractivity contribution in [1.29, 1.82) is 10.5 Å². The van der Waals surface area contributed by atoms with Crippen molar-refractivity contribution in [3.05, 3.63) is 29.3 Å². The number of rotatable bonds is 1. The van der Waals surface area contributed by atoms with Crippen LogP contribution < -0.4 is 4.74 Å². The van der Waals surface area contributed by atoms with Crippen molar-refractivity contribution < 1.29 is 14.6 Å². The van der Waals surface area contributed by atoms with E-state index in [0.29, 0.717) is 30.0 Å². The number of aliphatic imine (C=N–C) groups is 1. The van der Waals surface area contributed by atoms with Gasteiger partial charge in [-0.2, -0.15) is 10.5 Å². The number of benzene rings is 1. The predicted molar refractivity (Wildman–Crippen MR) is 80.3 cm³/mol. The third-order valence-electron chi connectivity index (χ3n) is 4.13. The van der Waals surface area contributed by atoms with E-state index in [9.17, 15) is 5.11 Å². The standard InChI is InChI=1S/C16H16N4O3/c1-16(2)14(21)13(20-5-6-22-15(20)19-9-18)11-7-10(8-17)3-4-12(11)23-16/h3-4,7,13-14,21H,5-6H2,1-2H3/t13-,14+/m1/s1. The highest BCUT2D eigenvalue weighted by atomic mass is 16.5. The van der Waals surface area contributed by atoms with E-state index in [4.69, 9.17) is 20.0 Å². The SMILES string of the molecule is CC1(C)Oc2ccc(C#N)cc2[C@@H](N2CCOC2=NC#N)[C@@H]1O.